The van der Waals surface area contributed by atoms with Crippen molar-refractivity contribution in [2.45, 2.75) is 74.9 Å². The number of aryl methyl sites for hydroxylation is 1. The molecule has 2 aromatic carbocycles. The first kappa shape index (κ1) is 28.7. The van der Waals surface area contributed by atoms with Gasteiger partial charge in [-0.05, 0) is 42.5 Å². The summed E-state index contributed by atoms with van der Waals surface area (Å²) < 4.78 is 1.77. The van der Waals surface area contributed by atoms with Crippen molar-refractivity contribution < 1.29 is 14.7 Å². The normalized spacial score (nSPS) is 18.0. The van der Waals surface area contributed by atoms with Crippen LogP contribution in [0.5, 0.6) is 0 Å². The van der Waals surface area contributed by atoms with E-state index in [0.29, 0.717) is 49.8 Å². The van der Waals surface area contributed by atoms with E-state index in [1.807, 2.05) is 59.5 Å². The minimum absolute atomic E-state index is 0.0518. The van der Waals surface area contributed by atoms with Gasteiger partial charge in [0.15, 0.2) is 5.16 Å². The fourth-order valence-electron chi connectivity index (χ4n) is 6.29. The van der Waals surface area contributed by atoms with Gasteiger partial charge in [-0.15, -0.1) is 0 Å². The van der Waals surface area contributed by atoms with E-state index in [-0.39, 0.29) is 23.8 Å². The highest BCUT2D eigenvalue weighted by atomic mass is 32.2. The number of likely N-dealkylation sites (tertiary alicyclic amines) is 1. The fourth-order valence-corrected chi connectivity index (χ4v) is 7.62. The molecule has 1 N–H and O–H groups in total. The third-order valence-electron chi connectivity index (χ3n) is 8.71. The maximum absolute atomic E-state index is 14.0. The molecule has 3 aromatic rings. The molecule has 3 aliphatic rings. The lowest BCUT2D eigenvalue weighted by molar-refractivity contribution is -0.142. The summed E-state index contributed by atoms with van der Waals surface area (Å²) in [4.78, 5) is 47.4. The van der Waals surface area contributed by atoms with Crippen molar-refractivity contribution in [1.82, 2.24) is 19.4 Å². The summed E-state index contributed by atoms with van der Waals surface area (Å²) in [6.07, 6.45) is 7.33. The van der Waals surface area contributed by atoms with Crippen LogP contribution >= 0.6 is 11.8 Å². The average Bonchev–Trinajstić information content (AvgIpc) is 2.99. The number of amides is 1. The summed E-state index contributed by atoms with van der Waals surface area (Å²) in [5, 5.41) is 10.1. The maximum Gasteiger partial charge on any atom is 0.303 e. The molecule has 2 aliphatic heterocycles. The smallest absolute Gasteiger partial charge is 0.303 e. The van der Waals surface area contributed by atoms with E-state index < -0.39 is 5.97 Å². The predicted molar refractivity (Wildman–Crippen MR) is 163 cm³/mol. The van der Waals surface area contributed by atoms with Crippen LogP contribution in [-0.2, 0) is 35.5 Å². The molecule has 6 rings (SSSR count). The molecule has 9 heteroatoms. The zero-order valence-electron chi connectivity index (χ0n) is 23.9. The molecule has 1 amide bonds. The van der Waals surface area contributed by atoms with Crippen molar-refractivity contribution >= 4 is 23.6 Å². The molecule has 220 valence electrons. The van der Waals surface area contributed by atoms with Gasteiger partial charge in [0.2, 0.25) is 5.91 Å². The zero-order valence-corrected chi connectivity index (χ0v) is 24.7. The quantitative estimate of drug-likeness (QED) is 0.364. The van der Waals surface area contributed by atoms with Crippen molar-refractivity contribution in [3.63, 3.8) is 0 Å². The number of carboxylic acid groups (broad SMARTS) is 1. The third kappa shape index (κ3) is 6.47. The molecule has 2 fully saturated rings. The number of fused-ring (bicyclic) bond motifs is 1. The Balaban J connectivity index is 1.11. The van der Waals surface area contributed by atoms with Crippen LogP contribution in [0, 0.1) is 5.92 Å². The van der Waals surface area contributed by atoms with Crippen molar-refractivity contribution in [2.24, 2.45) is 5.92 Å². The molecule has 8 nitrogen and oxygen atoms in total. The first-order valence-corrected chi connectivity index (χ1v) is 16.0. The van der Waals surface area contributed by atoms with Crippen LogP contribution in [0.3, 0.4) is 0 Å². The lowest BCUT2D eigenvalue weighted by Gasteiger charge is -2.41. The number of carboxylic acids is 1. The zero-order chi connectivity index (χ0) is 29.1. The molecule has 0 radical (unpaired) electrons. The average molecular weight is 587 g/mol. The van der Waals surface area contributed by atoms with Gasteiger partial charge in [0.1, 0.15) is 0 Å². The van der Waals surface area contributed by atoms with Gasteiger partial charge >= 0.3 is 5.97 Å². The van der Waals surface area contributed by atoms with Crippen LogP contribution in [0.2, 0.25) is 0 Å². The number of nitrogens with zero attached hydrogens (tertiary/aromatic N) is 4. The first-order chi connectivity index (χ1) is 20.4. The lowest BCUT2D eigenvalue weighted by atomic mass is 9.95. The monoisotopic (exact) mass is 586 g/mol. The Morgan fingerprint density at radius 3 is 2.38 bits per heavy atom. The molecular formula is C33H38N4O4S. The number of carbonyl (C=O) groups is 2. The second kappa shape index (κ2) is 12.8. The minimum Gasteiger partial charge on any atom is -0.481 e. The van der Waals surface area contributed by atoms with E-state index in [2.05, 4.69) is 4.90 Å². The molecule has 1 aliphatic carbocycles. The third-order valence-corrected chi connectivity index (χ3v) is 10.0. The van der Waals surface area contributed by atoms with Crippen LogP contribution in [0.25, 0.3) is 5.69 Å². The minimum atomic E-state index is -0.788. The van der Waals surface area contributed by atoms with Gasteiger partial charge in [-0.3, -0.25) is 23.9 Å². The molecular weight excluding hydrogens is 548 g/mol. The molecule has 42 heavy (non-hydrogen) atoms. The Kier molecular flexibility index (Phi) is 8.76. The van der Waals surface area contributed by atoms with Gasteiger partial charge in [0.05, 0.1) is 29.4 Å². The number of hydrogen-bond acceptors (Lipinski definition) is 6. The van der Waals surface area contributed by atoms with Crippen molar-refractivity contribution in [1.29, 1.82) is 0 Å². The van der Waals surface area contributed by atoms with Crippen molar-refractivity contribution in [3.05, 3.63) is 87.3 Å². The summed E-state index contributed by atoms with van der Waals surface area (Å²) >= 11 is 1.74. The highest BCUT2D eigenvalue weighted by molar-refractivity contribution is 7.99. The summed E-state index contributed by atoms with van der Waals surface area (Å²) in [6, 6.07) is 17.8. The molecule has 0 bridgehead atoms. The Bertz CT molecular complexity index is 1480. The highest BCUT2D eigenvalue weighted by Gasteiger charge is 2.37. The Morgan fingerprint density at radius 2 is 1.67 bits per heavy atom. The molecule has 0 atom stereocenters. The van der Waals surface area contributed by atoms with E-state index >= 15 is 0 Å². The van der Waals surface area contributed by atoms with E-state index in [0.717, 1.165) is 47.1 Å². The van der Waals surface area contributed by atoms with Crippen LogP contribution in [-0.4, -0.2) is 61.2 Å². The molecule has 1 saturated heterocycles. The van der Waals surface area contributed by atoms with E-state index in [1.165, 1.54) is 19.3 Å². The van der Waals surface area contributed by atoms with Crippen LogP contribution in [0.1, 0.15) is 60.9 Å². The SMILES string of the molecule is O=C(O)CCc1ccc(CN2CC(C(=O)N3CCc4nc(SC5CCCCC5)n(-c5ccccc5)c(=O)c4C3)C2)cc1. The van der Waals surface area contributed by atoms with E-state index in [9.17, 15) is 14.4 Å². The van der Waals surface area contributed by atoms with E-state index in [1.54, 1.807) is 16.3 Å². The number of aliphatic carboxylic acids is 1. The number of hydrogen-bond donors (Lipinski definition) is 1. The Labute approximate surface area is 250 Å². The number of thioether (sulfide) groups is 1. The van der Waals surface area contributed by atoms with Gasteiger partial charge in [-0.25, -0.2) is 4.98 Å². The molecule has 1 aromatic heterocycles. The lowest BCUT2D eigenvalue weighted by Crippen LogP contribution is -2.55. The maximum atomic E-state index is 14.0. The Hall–Kier alpha value is -3.43. The highest BCUT2D eigenvalue weighted by Crippen LogP contribution is 2.34. The number of rotatable bonds is 9. The van der Waals surface area contributed by atoms with Gasteiger partial charge < -0.3 is 10.0 Å². The van der Waals surface area contributed by atoms with Gasteiger partial charge in [0, 0.05) is 44.3 Å². The molecule has 0 spiro atoms. The molecule has 0 unspecified atom stereocenters. The van der Waals surface area contributed by atoms with E-state index in [4.69, 9.17) is 10.1 Å². The van der Waals surface area contributed by atoms with Crippen LogP contribution in [0.4, 0.5) is 0 Å². The largest absolute Gasteiger partial charge is 0.481 e. The second-order valence-corrected chi connectivity index (χ2v) is 13.1. The summed E-state index contributed by atoms with van der Waals surface area (Å²) in [6.45, 7) is 3.07. The predicted octanol–water partition coefficient (Wildman–Crippen LogP) is 4.69. The second-order valence-electron chi connectivity index (χ2n) is 11.8. The molecule has 3 heterocycles. The first-order valence-electron chi connectivity index (χ1n) is 15.1. The number of benzene rings is 2. The Morgan fingerprint density at radius 1 is 0.952 bits per heavy atom. The standard InChI is InChI=1S/C33H38N4O4S/c38-30(39)16-15-23-11-13-24(14-12-23)19-35-20-25(21-35)31(40)36-18-17-29-28(22-36)32(41)37(26-7-3-1-4-8-26)33(34-29)42-27-9-5-2-6-10-27/h1,3-4,7-8,11-14,25,27H,2,5-6,9-10,15-22H2,(H,38,39). The molecule has 1 saturated carbocycles. The number of aromatic nitrogens is 2. The van der Waals surface area contributed by atoms with Crippen LogP contribution < -0.4 is 5.56 Å². The number of carbonyl (C=O) groups excluding carboxylic acids is 1. The van der Waals surface area contributed by atoms with Gasteiger partial charge in [0.25, 0.3) is 5.56 Å². The number of para-hydroxylation sites is 1. The summed E-state index contributed by atoms with van der Waals surface area (Å²) in [7, 11) is 0. The fraction of sp³-hybridized carbons (Fsp3) is 0.455. The van der Waals surface area contributed by atoms with Crippen LogP contribution in [0.15, 0.2) is 64.5 Å². The van der Waals surface area contributed by atoms with Gasteiger partial charge in [-0.1, -0.05) is 73.5 Å². The summed E-state index contributed by atoms with van der Waals surface area (Å²) in [5.74, 6) is -0.733. The topological polar surface area (TPSA) is 95.7 Å². The van der Waals surface area contributed by atoms with Gasteiger partial charge in [-0.2, -0.15) is 0 Å². The van der Waals surface area contributed by atoms with Crippen molar-refractivity contribution in [2.75, 3.05) is 19.6 Å². The summed E-state index contributed by atoms with van der Waals surface area (Å²) in [5.41, 5.74) is 4.43. The van der Waals surface area contributed by atoms with Crippen molar-refractivity contribution in [3.8, 4) is 5.69 Å².